The summed E-state index contributed by atoms with van der Waals surface area (Å²) in [7, 11) is 0. The number of benzene rings is 1. The molecule has 0 saturated heterocycles. The minimum atomic E-state index is -0.213. The van der Waals surface area contributed by atoms with E-state index in [0.717, 1.165) is 12.0 Å². The van der Waals surface area contributed by atoms with E-state index >= 15 is 0 Å². The zero-order valence-electron chi connectivity index (χ0n) is 11.8. The van der Waals surface area contributed by atoms with Gasteiger partial charge >= 0.3 is 0 Å². The predicted molar refractivity (Wildman–Crippen MR) is 77.5 cm³/mol. The molecule has 1 amide bonds. The van der Waals surface area contributed by atoms with Crippen molar-refractivity contribution >= 4 is 5.91 Å². The third kappa shape index (κ3) is 3.57. The van der Waals surface area contributed by atoms with Crippen LogP contribution in [-0.4, -0.2) is 11.9 Å². The van der Waals surface area contributed by atoms with Crippen molar-refractivity contribution in [1.29, 1.82) is 0 Å². The van der Waals surface area contributed by atoms with Crippen LogP contribution in [0, 0.1) is 11.8 Å². The van der Waals surface area contributed by atoms with Crippen LogP contribution in [0.15, 0.2) is 30.3 Å². The van der Waals surface area contributed by atoms with E-state index in [4.69, 9.17) is 5.73 Å². The van der Waals surface area contributed by atoms with Crippen LogP contribution in [0.25, 0.3) is 0 Å². The van der Waals surface area contributed by atoms with E-state index in [1.54, 1.807) is 0 Å². The molecule has 3 nitrogen and oxygen atoms in total. The van der Waals surface area contributed by atoms with Crippen LogP contribution in [0.2, 0.25) is 0 Å². The molecular formula is C16H24N2O. The van der Waals surface area contributed by atoms with Crippen LogP contribution in [0.4, 0.5) is 0 Å². The third-order valence-electron chi connectivity index (χ3n) is 4.44. The maximum Gasteiger partial charge on any atom is 0.222 e. The Morgan fingerprint density at radius 1 is 1.32 bits per heavy atom. The van der Waals surface area contributed by atoms with Gasteiger partial charge < -0.3 is 11.1 Å². The van der Waals surface area contributed by atoms with Gasteiger partial charge in [0.2, 0.25) is 5.91 Å². The summed E-state index contributed by atoms with van der Waals surface area (Å²) >= 11 is 0. The van der Waals surface area contributed by atoms with Gasteiger partial charge in [0.1, 0.15) is 0 Å². The van der Waals surface area contributed by atoms with Gasteiger partial charge in [-0.2, -0.15) is 0 Å². The lowest BCUT2D eigenvalue weighted by Crippen LogP contribution is -2.38. The van der Waals surface area contributed by atoms with Gasteiger partial charge in [-0.1, -0.05) is 44.2 Å². The Bertz CT molecular complexity index is 418. The first-order valence-corrected chi connectivity index (χ1v) is 7.18. The van der Waals surface area contributed by atoms with E-state index < -0.39 is 0 Å². The maximum atomic E-state index is 12.0. The van der Waals surface area contributed by atoms with Gasteiger partial charge in [0, 0.05) is 18.5 Å². The summed E-state index contributed by atoms with van der Waals surface area (Å²) in [5, 5.41) is 3.14. The molecule has 2 rings (SSSR count). The molecule has 3 N–H and O–H groups in total. The molecule has 4 unspecified atom stereocenters. The van der Waals surface area contributed by atoms with Crippen molar-refractivity contribution in [2.75, 3.05) is 0 Å². The molecule has 1 aromatic carbocycles. The van der Waals surface area contributed by atoms with Gasteiger partial charge in [0.25, 0.3) is 0 Å². The van der Waals surface area contributed by atoms with Gasteiger partial charge in [0.05, 0.1) is 0 Å². The number of nitrogens with two attached hydrogens (primary N) is 1. The molecule has 1 saturated carbocycles. The second-order valence-electron chi connectivity index (χ2n) is 5.81. The number of nitrogens with one attached hydrogen (secondary N) is 1. The molecule has 1 aliphatic carbocycles. The Morgan fingerprint density at radius 2 is 2.00 bits per heavy atom. The van der Waals surface area contributed by atoms with E-state index in [2.05, 4.69) is 19.2 Å². The Balaban J connectivity index is 1.85. The quantitative estimate of drug-likeness (QED) is 0.874. The van der Waals surface area contributed by atoms with E-state index in [1.165, 1.54) is 6.42 Å². The predicted octanol–water partition coefficient (Wildman–Crippen LogP) is 2.63. The smallest absolute Gasteiger partial charge is 0.222 e. The minimum absolute atomic E-state index is 0.0716. The van der Waals surface area contributed by atoms with Crippen molar-refractivity contribution in [2.45, 2.75) is 45.2 Å². The molecular weight excluding hydrogens is 236 g/mol. The number of amides is 1. The number of hydrogen-bond acceptors (Lipinski definition) is 2. The van der Waals surface area contributed by atoms with Crippen molar-refractivity contribution in [3.8, 4) is 0 Å². The van der Waals surface area contributed by atoms with E-state index in [-0.39, 0.29) is 11.9 Å². The summed E-state index contributed by atoms with van der Waals surface area (Å²) in [5.74, 6) is 1.34. The van der Waals surface area contributed by atoms with E-state index in [1.807, 2.05) is 30.3 Å². The largest absolute Gasteiger partial charge is 0.353 e. The highest BCUT2D eigenvalue weighted by Gasteiger charge is 2.30. The highest BCUT2D eigenvalue weighted by Crippen LogP contribution is 2.31. The monoisotopic (exact) mass is 260 g/mol. The summed E-state index contributed by atoms with van der Waals surface area (Å²) in [4.78, 5) is 12.0. The molecule has 0 aromatic heterocycles. The molecule has 19 heavy (non-hydrogen) atoms. The second-order valence-corrected chi connectivity index (χ2v) is 5.81. The lowest BCUT2D eigenvalue weighted by Gasteiger charge is -2.21. The zero-order chi connectivity index (χ0) is 13.8. The molecule has 0 spiro atoms. The number of hydrogen-bond donors (Lipinski definition) is 2. The molecule has 1 aliphatic rings. The second kappa shape index (κ2) is 6.20. The fraction of sp³-hybridized carbons (Fsp3) is 0.562. The van der Waals surface area contributed by atoms with Crippen LogP contribution in [-0.2, 0) is 4.79 Å². The van der Waals surface area contributed by atoms with Crippen LogP contribution in [0.1, 0.15) is 44.7 Å². The summed E-state index contributed by atoms with van der Waals surface area (Å²) in [6, 6.07) is 9.91. The highest BCUT2D eigenvalue weighted by atomic mass is 16.1. The van der Waals surface area contributed by atoms with Crippen LogP contribution in [0.3, 0.4) is 0 Å². The normalized spacial score (nSPS) is 28.1. The molecule has 0 radical (unpaired) electrons. The lowest BCUT2D eigenvalue weighted by atomic mass is 9.97. The summed E-state index contributed by atoms with van der Waals surface area (Å²) in [6.45, 7) is 4.48. The fourth-order valence-corrected chi connectivity index (χ4v) is 2.85. The van der Waals surface area contributed by atoms with Crippen molar-refractivity contribution in [1.82, 2.24) is 5.32 Å². The molecule has 0 bridgehead atoms. The summed E-state index contributed by atoms with van der Waals surface area (Å²) in [5.41, 5.74) is 7.09. The molecule has 0 aliphatic heterocycles. The zero-order valence-corrected chi connectivity index (χ0v) is 11.8. The Morgan fingerprint density at radius 3 is 2.58 bits per heavy atom. The summed E-state index contributed by atoms with van der Waals surface area (Å²) < 4.78 is 0. The fourth-order valence-electron chi connectivity index (χ4n) is 2.85. The van der Waals surface area contributed by atoms with E-state index in [0.29, 0.717) is 24.3 Å². The summed E-state index contributed by atoms with van der Waals surface area (Å²) in [6.07, 6.45) is 2.66. The molecule has 0 heterocycles. The molecule has 4 atom stereocenters. The molecule has 1 aromatic rings. The van der Waals surface area contributed by atoms with Gasteiger partial charge in [-0.05, 0) is 30.2 Å². The molecule has 3 heteroatoms. The Hall–Kier alpha value is -1.35. The van der Waals surface area contributed by atoms with Gasteiger partial charge in [-0.15, -0.1) is 0 Å². The Kier molecular flexibility index (Phi) is 4.59. The minimum Gasteiger partial charge on any atom is -0.353 e. The van der Waals surface area contributed by atoms with Crippen LogP contribution < -0.4 is 11.1 Å². The standard InChI is InChI=1S/C16H24N2O/c1-11-8-9-15(12(11)2)18-16(19)10-14(17)13-6-4-3-5-7-13/h3-7,11-12,14-15H,8-10,17H2,1-2H3,(H,18,19). The van der Waals surface area contributed by atoms with E-state index in [9.17, 15) is 4.79 Å². The van der Waals surface area contributed by atoms with Gasteiger partial charge in [0.15, 0.2) is 0 Å². The van der Waals surface area contributed by atoms with Crippen molar-refractivity contribution < 1.29 is 4.79 Å². The van der Waals surface area contributed by atoms with Crippen LogP contribution in [0.5, 0.6) is 0 Å². The first-order valence-electron chi connectivity index (χ1n) is 7.18. The maximum absolute atomic E-state index is 12.0. The third-order valence-corrected chi connectivity index (χ3v) is 4.44. The Labute approximate surface area is 115 Å². The van der Waals surface area contributed by atoms with Crippen molar-refractivity contribution in [3.63, 3.8) is 0 Å². The van der Waals surface area contributed by atoms with Crippen molar-refractivity contribution in [3.05, 3.63) is 35.9 Å². The first kappa shape index (κ1) is 14.1. The number of carbonyl (C=O) groups is 1. The highest BCUT2D eigenvalue weighted by molar-refractivity contribution is 5.77. The number of carbonyl (C=O) groups excluding carboxylic acids is 1. The van der Waals surface area contributed by atoms with Gasteiger partial charge in [-0.25, -0.2) is 0 Å². The van der Waals surface area contributed by atoms with Crippen molar-refractivity contribution in [2.24, 2.45) is 17.6 Å². The molecule has 1 fully saturated rings. The first-order chi connectivity index (χ1) is 9.08. The average molecular weight is 260 g/mol. The SMILES string of the molecule is CC1CCC(NC(=O)CC(N)c2ccccc2)C1C. The average Bonchev–Trinajstić information content (AvgIpc) is 2.71. The lowest BCUT2D eigenvalue weighted by molar-refractivity contribution is -0.122. The molecule has 104 valence electrons. The van der Waals surface area contributed by atoms with Gasteiger partial charge in [-0.3, -0.25) is 4.79 Å². The number of rotatable bonds is 4. The van der Waals surface area contributed by atoms with Crippen LogP contribution >= 0.6 is 0 Å². The topological polar surface area (TPSA) is 55.1 Å².